The Balaban J connectivity index is 1.62. The number of ether oxygens (including phenoxy) is 1. The Bertz CT molecular complexity index is 1110. The van der Waals surface area contributed by atoms with Crippen molar-refractivity contribution >= 4 is 21.4 Å². The molecule has 0 aliphatic heterocycles. The molecule has 1 N–H and O–H groups in total. The van der Waals surface area contributed by atoms with Gasteiger partial charge in [-0.2, -0.15) is 5.10 Å². The Labute approximate surface area is 165 Å². The van der Waals surface area contributed by atoms with E-state index in [1.807, 2.05) is 17.5 Å². The van der Waals surface area contributed by atoms with E-state index in [0.717, 1.165) is 10.9 Å². The number of sulfonamides is 1. The average Bonchev–Trinajstić information content (AvgIpc) is 3.21. The van der Waals surface area contributed by atoms with Gasteiger partial charge >= 0.3 is 0 Å². The van der Waals surface area contributed by atoms with Gasteiger partial charge in [0.05, 0.1) is 16.9 Å². The molecular weight excluding hydrogens is 405 g/mol. The van der Waals surface area contributed by atoms with E-state index in [-0.39, 0.29) is 29.3 Å². The Hall–Kier alpha value is -2.56. The summed E-state index contributed by atoms with van der Waals surface area (Å²) in [6.07, 6.45) is 0.346. The van der Waals surface area contributed by atoms with Crippen molar-refractivity contribution in [2.24, 2.45) is 0 Å². The highest BCUT2D eigenvalue weighted by Crippen LogP contribution is 2.21. The lowest BCUT2D eigenvalue weighted by Crippen LogP contribution is -2.28. The van der Waals surface area contributed by atoms with Gasteiger partial charge in [0.15, 0.2) is 11.6 Å². The molecule has 0 unspecified atom stereocenters. The summed E-state index contributed by atoms with van der Waals surface area (Å²) in [6, 6.07) is 10.3. The first-order chi connectivity index (χ1) is 13.4. The van der Waals surface area contributed by atoms with Crippen LogP contribution < -0.4 is 15.0 Å². The van der Waals surface area contributed by atoms with Gasteiger partial charge in [-0.15, -0.1) is 11.3 Å². The molecule has 3 aromatic rings. The van der Waals surface area contributed by atoms with Crippen molar-refractivity contribution in [2.75, 3.05) is 13.7 Å². The van der Waals surface area contributed by atoms with E-state index in [2.05, 4.69) is 9.82 Å². The lowest BCUT2D eigenvalue weighted by atomic mass is 10.3. The topological polar surface area (TPSA) is 90.3 Å². The Morgan fingerprint density at radius 2 is 2.07 bits per heavy atom. The van der Waals surface area contributed by atoms with E-state index >= 15 is 0 Å². The maximum atomic E-state index is 13.7. The molecule has 0 radical (unpaired) electrons. The van der Waals surface area contributed by atoms with Gasteiger partial charge in [-0.3, -0.25) is 4.79 Å². The first kappa shape index (κ1) is 20.2. The number of nitrogens with one attached hydrogen (secondary N) is 1. The number of thiophene rings is 1. The monoisotopic (exact) mass is 423 g/mol. The summed E-state index contributed by atoms with van der Waals surface area (Å²) in [5.41, 5.74) is 0.421. The van der Waals surface area contributed by atoms with E-state index in [1.54, 1.807) is 6.07 Å². The van der Waals surface area contributed by atoms with E-state index in [4.69, 9.17) is 4.74 Å². The van der Waals surface area contributed by atoms with Crippen LogP contribution in [0.4, 0.5) is 4.39 Å². The fourth-order valence-electron chi connectivity index (χ4n) is 2.50. The number of nitrogens with zero attached hydrogens (tertiary/aromatic N) is 2. The second-order valence-electron chi connectivity index (χ2n) is 5.80. The largest absolute Gasteiger partial charge is 0.494 e. The number of aryl methyl sites for hydroxylation is 1. The van der Waals surface area contributed by atoms with Gasteiger partial charge in [-0.25, -0.2) is 22.2 Å². The molecular formula is C18H18FN3O4S2. The van der Waals surface area contributed by atoms with E-state index in [1.165, 1.54) is 41.3 Å². The van der Waals surface area contributed by atoms with Crippen molar-refractivity contribution in [1.82, 2.24) is 14.5 Å². The van der Waals surface area contributed by atoms with Crippen molar-refractivity contribution < 1.29 is 17.5 Å². The lowest BCUT2D eigenvalue weighted by molar-refractivity contribution is 0.385. The first-order valence-corrected chi connectivity index (χ1v) is 10.7. The Morgan fingerprint density at radius 1 is 1.25 bits per heavy atom. The molecule has 10 heteroatoms. The molecule has 0 amide bonds. The van der Waals surface area contributed by atoms with Crippen LogP contribution in [0.1, 0.15) is 6.42 Å². The van der Waals surface area contributed by atoms with Crippen LogP contribution in [0, 0.1) is 5.82 Å². The van der Waals surface area contributed by atoms with Gasteiger partial charge in [0.2, 0.25) is 10.0 Å². The number of halogens is 1. The van der Waals surface area contributed by atoms with Crippen LogP contribution in [-0.4, -0.2) is 31.9 Å². The van der Waals surface area contributed by atoms with Gasteiger partial charge in [-0.05, 0) is 42.1 Å². The minimum absolute atomic E-state index is 0.0324. The van der Waals surface area contributed by atoms with Crippen molar-refractivity contribution in [2.45, 2.75) is 17.9 Å². The number of methoxy groups -OCH3 is 1. The maximum Gasteiger partial charge on any atom is 0.266 e. The van der Waals surface area contributed by atoms with E-state index < -0.39 is 15.8 Å². The molecule has 0 aliphatic carbocycles. The SMILES string of the molecule is COc1ccc(S(=O)(=O)NCCCn2nc(-c3cccs3)ccc2=O)cc1F. The Kier molecular flexibility index (Phi) is 6.22. The molecule has 0 saturated carbocycles. The number of hydrogen-bond acceptors (Lipinski definition) is 6. The predicted octanol–water partition coefficient (Wildman–Crippen LogP) is 2.49. The van der Waals surface area contributed by atoms with Crippen LogP contribution in [0.3, 0.4) is 0 Å². The zero-order chi connectivity index (χ0) is 20.1. The molecule has 0 saturated heterocycles. The van der Waals surface area contributed by atoms with E-state index in [9.17, 15) is 17.6 Å². The number of benzene rings is 1. The third-order valence-electron chi connectivity index (χ3n) is 3.91. The van der Waals surface area contributed by atoms with Crippen molar-refractivity contribution in [3.63, 3.8) is 0 Å². The van der Waals surface area contributed by atoms with Crippen LogP contribution in [0.15, 0.2) is 57.5 Å². The molecule has 2 aromatic heterocycles. The van der Waals surface area contributed by atoms with Crippen molar-refractivity contribution in [1.29, 1.82) is 0 Å². The molecule has 28 heavy (non-hydrogen) atoms. The fraction of sp³-hybridized carbons (Fsp3) is 0.222. The predicted molar refractivity (Wildman–Crippen MR) is 105 cm³/mol. The zero-order valence-corrected chi connectivity index (χ0v) is 16.6. The lowest BCUT2D eigenvalue weighted by Gasteiger charge is -2.09. The van der Waals surface area contributed by atoms with Crippen LogP contribution >= 0.6 is 11.3 Å². The van der Waals surface area contributed by atoms with E-state index in [0.29, 0.717) is 12.1 Å². The quantitative estimate of drug-likeness (QED) is 0.562. The third-order valence-corrected chi connectivity index (χ3v) is 6.26. The van der Waals surface area contributed by atoms with Crippen LogP contribution in [0.25, 0.3) is 10.6 Å². The molecule has 148 valence electrons. The minimum Gasteiger partial charge on any atom is -0.494 e. The summed E-state index contributed by atoms with van der Waals surface area (Å²) < 4.78 is 46.7. The molecule has 0 bridgehead atoms. The van der Waals surface area contributed by atoms with Crippen LogP contribution in [-0.2, 0) is 16.6 Å². The molecule has 0 fully saturated rings. The second kappa shape index (κ2) is 8.63. The molecule has 0 atom stereocenters. The van der Waals surface area contributed by atoms with Gasteiger partial charge in [-0.1, -0.05) is 6.07 Å². The third kappa shape index (κ3) is 4.64. The first-order valence-electron chi connectivity index (χ1n) is 8.36. The molecule has 7 nitrogen and oxygen atoms in total. The highest BCUT2D eigenvalue weighted by molar-refractivity contribution is 7.89. The number of hydrogen-bond donors (Lipinski definition) is 1. The Morgan fingerprint density at radius 3 is 2.75 bits per heavy atom. The molecule has 1 aromatic carbocycles. The van der Waals surface area contributed by atoms with Crippen LogP contribution in [0.2, 0.25) is 0 Å². The highest BCUT2D eigenvalue weighted by Gasteiger charge is 2.16. The molecule has 0 spiro atoms. The molecule has 2 heterocycles. The summed E-state index contributed by atoms with van der Waals surface area (Å²) in [6.45, 7) is 0.324. The van der Waals surface area contributed by atoms with Crippen LogP contribution in [0.5, 0.6) is 5.75 Å². The van der Waals surface area contributed by atoms with Crippen molar-refractivity contribution in [3.8, 4) is 16.3 Å². The minimum atomic E-state index is -3.87. The number of aromatic nitrogens is 2. The second-order valence-corrected chi connectivity index (χ2v) is 8.52. The molecule has 0 aliphatic rings. The van der Waals surface area contributed by atoms with Gasteiger partial charge < -0.3 is 4.74 Å². The number of rotatable bonds is 8. The van der Waals surface area contributed by atoms with Gasteiger partial charge in [0, 0.05) is 19.2 Å². The average molecular weight is 423 g/mol. The van der Waals surface area contributed by atoms with Gasteiger partial charge in [0.25, 0.3) is 5.56 Å². The fourth-order valence-corrected chi connectivity index (χ4v) is 4.27. The summed E-state index contributed by atoms with van der Waals surface area (Å²) in [5, 5.41) is 6.23. The summed E-state index contributed by atoms with van der Waals surface area (Å²) >= 11 is 1.51. The van der Waals surface area contributed by atoms with Gasteiger partial charge in [0.1, 0.15) is 5.69 Å². The zero-order valence-electron chi connectivity index (χ0n) is 15.0. The highest BCUT2D eigenvalue weighted by atomic mass is 32.2. The summed E-state index contributed by atoms with van der Waals surface area (Å²) in [7, 11) is -2.57. The molecule has 3 rings (SSSR count). The maximum absolute atomic E-state index is 13.7. The van der Waals surface area contributed by atoms with Crippen molar-refractivity contribution in [3.05, 3.63) is 64.0 Å². The standard InChI is InChI=1S/C18H18FN3O4S2/c1-26-16-7-5-13(12-14(16)19)28(24,25)20-9-3-10-22-18(23)8-6-15(21-22)17-4-2-11-27-17/h2,4-8,11-12,20H,3,9-10H2,1H3. The smallest absolute Gasteiger partial charge is 0.266 e. The summed E-state index contributed by atoms with van der Waals surface area (Å²) in [4.78, 5) is 12.7. The normalized spacial score (nSPS) is 11.5. The summed E-state index contributed by atoms with van der Waals surface area (Å²) in [5.74, 6) is -0.790.